The molecule has 1 unspecified atom stereocenters. The third-order valence-corrected chi connectivity index (χ3v) is 3.62. The fraction of sp³-hybridized carbons (Fsp3) is 0.188. The number of nitrogens with two attached hydrogens (primary N) is 2. The Bertz CT molecular complexity index is 822. The molecule has 1 aliphatic carbocycles. The number of hydrogen-bond donors (Lipinski definition) is 5. The Kier molecular flexibility index (Phi) is 5.00. The average Bonchev–Trinajstić information content (AvgIpc) is 2.90. The van der Waals surface area contributed by atoms with Gasteiger partial charge < -0.3 is 26.7 Å². The molecule has 0 saturated heterocycles. The fourth-order valence-electron chi connectivity index (χ4n) is 2.74. The van der Waals surface area contributed by atoms with E-state index in [4.69, 9.17) is 21.7 Å². The van der Waals surface area contributed by atoms with Gasteiger partial charge in [-0.2, -0.15) is 0 Å². The maximum Gasteiger partial charge on any atom is 0.328 e. The van der Waals surface area contributed by atoms with E-state index in [0.29, 0.717) is 17.7 Å². The number of carboxylic acid groups (broad SMARTS) is 2. The minimum atomic E-state index is -1.26. The van der Waals surface area contributed by atoms with Crippen molar-refractivity contribution in [2.45, 2.75) is 18.9 Å². The first-order valence-corrected chi connectivity index (χ1v) is 7.10. The van der Waals surface area contributed by atoms with Crippen LogP contribution in [0.5, 0.6) is 0 Å². The predicted octanol–water partition coefficient (Wildman–Crippen LogP) is 0.404. The van der Waals surface area contributed by atoms with Crippen molar-refractivity contribution in [1.29, 1.82) is 0 Å². The predicted molar refractivity (Wildman–Crippen MR) is 86.6 cm³/mol. The summed E-state index contributed by atoms with van der Waals surface area (Å²) in [6, 6.07) is 3.75. The molecule has 24 heavy (non-hydrogen) atoms. The van der Waals surface area contributed by atoms with Crippen molar-refractivity contribution in [3.05, 3.63) is 47.2 Å². The second-order valence-electron chi connectivity index (χ2n) is 5.37. The molecule has 1 atom stereocenters. The molecule has 1 heterocycles. The van der Waals surface area contributed by atoms with Crippen molar-refractivity contribution >= 4 is 28.7 Å². The van der Waals surface area contributed by atoms with Gasteiger partial charge in [-0.3, -0.25) is 4.79 Å². The van der Waals surface area contributed by atoms with Crippen LogP contribution in [0.4, 0.5) is 0 Å². The summed E-state index contributed by atoms with van der Waals surface area (Å²) in [5, 5.41) is 16.8. The summed E-state index contributed by atoms with van der Waals surface area (Å²) in [4.78, 5) is 33.7. The molecular weight excluding hydrogens is 314 g/mol. The third-order valence-electron chi connectivity index (χ3n) is 3.62. The Hall–Kier alpha value is -3.13. The van der Waals surface area contributed by atoms with Gasteiger partial charge in [0, 0.05) is 40.9 Å². The number of benzene rings is 1. The van der Waals surface area contributed by atoms with Crippen LogP contribution in [0.2, 0.25) is 0 Å². The van der Waals surface area contributed by atoms with Crippen LogP contribution in [0.15, 0.2) is 30.5 Å². The highest BCUT2D eigenvalue weighted by Gasteiger charge is 2.23. The monoisotopic (exact) mass is 331 g/mol. The average molecular weight is 331 g/mol. The molecule has 7 N–H and O–H groups in total. The quantitative estimate of drug-likeness (QED) is 0.512. The highest BCUT2D eigenvalue weighted by molar-refractivity contribution is 6.01. The zero-order valence-electron chi connectivity index (χ0n) is 12.7. The van der Waals surface area contributed by atoms with E-state index < -0.39 is 11.9 Å². The van der Waals surface area contributed by atoms with E-state index in [1.165, 1.54) is 5.56 Å². The van der Waals surface area contributed by atoms with Crippen LogP contribution in [0.1, 0.15) is 21.5 Å². The summed E-state index contributed by atoms with van der Waals surface area (Å²) in [5.41, 5.74) is 15.2. The van der Waals surface area contributed by atoms with E-state index in [0.717, 1.165) is 29.3 Å². The van der Waals surface area contributed by atoms with Crippen molar-refractivity contribution in [1.82, 2.24) is 4.98 Å². The number of amides is 1. The number of primary amides is 1. The molecule has 1 amide bonds. The molecule has 1 aromatic carbocycles. The van der Waals surface area contributed by atoms with Gasteiger partial charge in [0.1, 0.15) is 0 Å². The normalized spacial score (nSPS) is 15.8. The summed E-state index contributed by atoms with van der Waals surface area (Å²) in [6.45, 7) is 0. The Labute approximate surface area is 136 Å². The van der Waals surface area contributed by atoms with Crippen molar-refractivity contribution < 1.29 is 24.6 Å². The standard InChI is InChI=1S/C12H13N3O.C4H4O4/c13-7-3-6-5-15-10-2-1-8(12(14)16)9(4-7)11(6)10;5-3(6)1-2-4(7)8/h1-2,5,7,15H,3-4,13H2,(H2,14,16);1-2H,(H,5,6)(H,7,8). The Balaban J connectivity index is 0.000000224. The van der Waals surface area contributed by atoms with E-state index in [1.54, 1.807) is 6.07 Å². The van der Waals surface area contributed by atoms with E-state index >= 15 is 0 Å². The van der Waals surface area contributed by atoms with Crippen LogP contribution in [0.3, 0.4) is 0 Å². The molecule has 1 aromatic heterocycles. The van der Waals surface area contributed by atoms with Crippen molar-refractivity contribution in [3.8, 4) is 0 Å². The number of nitrogens with one attached hydrogen (secondary N) is 1. The zero-order valence-corrected chi connectivity index (χ0v) is 12.7. The van der Waals surface area contributed by atoms with Gasteiger partial charge in [0.2, 0.25) is 5.91 Å². The fourth-order valence-corrected chi connectivity index (χ4v) is 2.74. The van der Waals surface area contributed by atoms with E-state index in [9.17, 15) is 14.4 Å². The second-order valence-corrected chi connectivity index (χ2v) is 5.37. The smallest absolute Gasteiger partial charge is 0.328 e. The van der Waals surface area contributed by atoms with Crippen molar-refractivity contribution in [2.24, 2.45) is 11.5 Å². The van der Waals surface area contributed by atoms with Crippen molar-refractivity contribution in [3.63, 3.8) is 0 Å². The molecule has 0 spiro atoms. The summed E-state index contributed by atoms with van der Waals surface area (Å²) in [5.74, 6) is -2.89. The lowest BCUT2D eigenvalue weighted by Gasteiger charge is -2.20. The second kappa shape index (κ2) is 6.97. The van der Waals surface area contributed by atoms with Gasteiger partial charge >= 0.3 is 11.9 Å². The van der Waals surface area contributed by atoms with Crippen LogP contribution in [-0.4, -0.2) is 39.1 Å². The van der Waals surface area contributed by atoms with Crippen LogP contribution >= 0.6 is 0 Å². The van der Waals surface area contributed by atoms with Gasteiger partial charge in [0.05, 0.1) is 0 Å². The van der Waals surface area contributed by atoms with E-state index in [1.807, 2.05) is 12.3 Å². The highest BCUT2D eigenvalue weighted by Crippen LogP contribution is 2.31. The van der Waals surface area contributed by atoms with Crippen LogP contribution in [0, 0.1) is 0 Å². The van der Waals surface area contributed by atoms with E-state index in [2.05, 4.69) is 4.98 Å². The Morgan fingerprint density at radius 1 is 1.12 bits per heavy atom. The molecule has 8 nitrogen and oxygen atoms in total. The first-order valence-electron chi connectivity index (χ1n) is 7.10. The molecule has 126 valence electrons. The van der Waals surface area contributed by atoms with Crippen molar-refractivity contribution in [2.75, 3.05) is 0 Å². The van der Waals surface area contributed by atoms with Gasteiger partial charge in [0.15, 0.2) is 0 Å². The lowest BCUT2D eigenvalue weighted by Crippen LogP contribution is -2.30. The number of carbonyl (C=O) groups is 3. The summed E-state index contributed by atoms with van der Waals surface area (Å²) in [6.07, 6.45) is 4.66. The molecule has 0 fully saturated rings. The Morgan fingerprint density at radius 3 is 2.29 bits per heavy atom. The highest BCUT2D eigenvalue weighted by atomic mass is 16.4. The molecule has 0 aliphatic heterocycles. The number of hydrogen-bond acceptors (Lipinski definition) is 4. The summed E-state index contributed by atoms with van der Waals surface area (Å²) >= 11 is 0. The minimum Gasteiger partial charge on any atom is -0.478 e. The number of aromatic amines is 1. The first kappa shape index (κ1) is 17.2. The van der Waals surface area contributed by atoms with Crippen LogP contribution < -0.4 is 11.5 Å². The Morgan fingerprint density at radius 2 is 1.75 bits per heavy atom. The van der Waals surface area contributed by atoms with Gasteiger partial charge in [-0.15, -0.1) is 0 Å². The maximum absolute atomic E-state index is 11.4. The molecule has 3 rings (SSSR count). The number of rotatable bonds is 3. The topological polar surface area (TPSA) is 160 Å². The largest absolute Gasteiger partial charge is 0.478 e. The number of carbonyl (C=O) groups excluding carboxylic acids is 1. The van der Waals surface area contributed by atoms with Gasteiger partial charge in [-0.05, 0) is 36.1 Å². The third kappa shape index (κ3) is 3.79. The molecule has 0 bridgehead atoms. The molecule has 0 radical (unpaired) electrons. The van der Waals surface area contributed by atoms with Crippen LogP contribution in [-0.2, 0) is 22.4 Å². The minimum absolute atomic E-state index is 0.0759. The molecule has 1 aliphatic rings. The number of H-pyrrole nitrogens is 1. The first-order chi connectivity index (χ1) is 11.3. The summed E-state index contributed by atoms with van der Waals surface area (Å²) < 4.78 is 0. The molecular formula is C16H17N3O5. The van der Waals surface area contributed by atoms with Crippen LogP contribution in [0.25, 0.3) is 10.9 Å². The number of aromatic nitrogens is 1. The SMILES string of the molecule is NC(=O)c1ccc2[nH]cc3c2c1CC(N)C3.O=C(O)C=CC(=O)O. The number of carboxylic acids is 2. The molecule has 2 aromatic rings. The molecule has 0 saturated carbocycles. The summed E-state index contributed by atoms with van der Waals surface area (Å²) in [7, 11) is 0. The van der Waals surface area contributed by atoms with Gasteiger partial charge in [0.25, 0.3) is 0 Å². The number of aliphatic carboxylic acids is 2. The van der Waals surface area contributed by atoms with Gasteiger partial charge in [-0.25, -0.2) is 9.59 Å². The molecule has 8 heteroatoms. The lowest BCUT2D eigenvalue weighted by molar-refractivity contribution is -0.134. The van der Waals surface area contributed by atoms with E-state index in [-0.39, 0.29) is 11.9 Å². The zero-order chi connectivity index (χ0) is 17.9. The lowest BCUT2D eigenvalue weighted by atomic mass is 9.86. The maximum atomic E-state index is 11.4. The van der Waals surface area contributed by atoms with Gasteiger partial charge in [-0.1, -0.05) is 0 Å².